The van der Waals surface area contributed by atoms with Crippen LogP contribution in [0, 0.1) is 0 Å². The number of nitrogens with one attached hydrogen (secondary N) is 1. The van der Waals surface area contributed by atoms with E-state index in [0.717, 1.165) is 21.9 Å². The highest BCUT2D eigenvalue weighted by atomic mass is 35.5. The van der Waals surface area contributed by atoms with Gasteiger partial charge in [0.2, 0.25) is 10.0 Å². The van der Waals surface area contributed by atoms with Crippen molar-refractivity contribution in [3.05, 3.63) is 53.1 Å². The van der Waals surface area contributed by atoms with E-state index in [0.29, 0.717) is 16.5 Å². The summed E-state index contributed by atoms with van der Waals surface area (Å²) in [5.74, 6) is 0.604. The number of nitrogens with zero attached hydrogens (tertiary/aromatic N) is 1. The monoisotopic (exact) mass is 424 g/mol. The molecule has 0 spiro atoms. The van der Waals surface area contributed by atoms with Crippen molar-refractivity contribution in [1.82, 2.24) is 5.32 Å². The SMILES string of the molecule is COc1ccc([C@H](C)NC(=O)[C@H]2CN(S(C)(=O)=O)c3cc(Cl)ccc3O2)cc1. The molecule has 0 bridgehead atoms. The quantitative estimate of drug-likeness (QED) is 0.797. The molecule has 2 aromatic carbocycles. The maximum atomic E-state index is 12.7. The number of hydrogen-bond donors (Lipinski definition) is 1. The number of ether oxygens (including phenoxy) is 2. The average molecular weight is 425 g/mol. The summed E-state index contributed by atoms with van der Waals surface area (Å²) < 4.78 is 36.5. The Labute approximate surface area is 169 Å². The van der Waals surface area contributed by atoms with Gasteiger partial charge in [0.05, 0.1) is 31.6 Å². The number of benzene rings is 2. The lowest BCUT2D eigenvalue weighted by Crippen LogP contribution is -2.50. The van der Waals surface area contributed by atoms with Crippen LogP contribution >= 0.6 is 11.6 Å². The molecule has 1 heterocycles. The molecule has 0 radical (unpaired) electrons. The lowest BCUT2D eigenvalue weighted by Gasteiger charge is -2.34. The molecule has 0 aromatic heterocycles. The zero-order valence-corrected chi connectivity index (χ0v) is 17.3. The van der Waals surface area contributed by atoms with Gasteiger partial charge in [-0.2, -0.15) is 0 Å². The van der Waals surface area contributed by atoms with Crippen LogP contribution in [0.5, 0.6) is 11.5 Å². The number of hydrogen-bond acceptors (Lipinski definition) is 5. The lowest BCUT2D eigenvalue weighted by molar-refractivity contribution is -0.128. The molecule has 9 heteroatoms. The second-order valence-corrected chi connectivity index (χ2v) is 8.86. The molecule has 1 N–H and O–H groups in total. The molecule has 0 saturated heterocycles. The maximum Gasteiger partial charge on any atom is 0.263 e. The van der Waals surface area contributed by atoms with Crippen LogP contribution in [-0.4, -0.2) is 40.3 Å². The van der Waals surface area contributed by atoms with Crippen molar-refractivity contribution < 1.29 is 22.7 Å². The van der Waals surface area contributed by atoms with Crippen molar-refractivity contribution in [3.63, 3.8) is 0 Å². The molecule has 0 unspecified atom stereocenters. The van der Waals surface area contributed by atoms with E-state index >= 15 is 0 Å². The molecule has 0 saturated carbocycles. The van der Waals surface area contributed by atoms with E-state index in [1.807, 2.05) is 19.1 Å². The van der Waals surface area contributed by atoms with E-state index in [4.69, 9.17) is 21.1 Å². The summed E-state index contributed by atoms with van der Waals surface area (Å²) in [4.78, 5) is 12.7. The number of rotatable bonds is 5. The van der Waals surface area contributed by atoms with Crippen molar-refractivity contribution in [2.24, 2.45) is 0 Å². The maximum absolute atomic E-state index is 12.7. The minimum Gasteiger partial charge on any atom is -0.497 e. The van der Waals surface area contributed by atoms with E-state index in [2.05, 4.69) is 5.32 Å². The normalized spacial score (nSPS) is 17.3. The summed E-state index contributed by atoms with van der Waals surface area (Å²) in [6.07, 6.45) is 0.0990. The van der Waals surface area contributed by atoms with Crippen LogP contribution in [0.2, 0.25) is 5.02 Å². The van der Waals surface area contributed by atoms with Gasteiger partial charge < -0.3 is 14.8 Å². The molecule has 28 heavy (non-hydrogen) atoms. The summed E-state index contributed by atoms with van der Waals surface area (Å²) >= 11 is 5.98. The van der Waals surface area contributed by atoms with Gasteiger partial charge in [-0.3, -0.25) is 9.10 Å². The van der Waals surface area contributed by atoms with Crippen molar-refractivity contribution in [3.8, 4) is 11.5 Å². The van der Waals surface area contributed by atoms with Gasteiger partial charge in [-0.05, 0) is 42.8 Å². The van der Waals surface area contributed by atoms with Gasteiger partial charge in [0.1, 0.15) is 11.5 Å². The van der Waals surface area contributed by atoms with Gasteiger partial charge in [-0.25, -0.2) is 8.42 Å². The summed E-state index contributed by atoms with van der Waals surface area (Å²) in [5, 5.41) is 3.25. The summed E-state index contributed by atoms with van der Waals surface area (Å²) in [7, 11) is -2.03. The number of anilines is 1. The molecule has 150 valence electrons. The Morgan fingerprint density at radius 2 is 1.96 bits per heavy atom. The molecule has 2 aromatic rings. The second kappa shape index (κ2) is 7.89. The van der Waals surface area contributed by atoms with Gasteiger partial charge >= 0.3 is 0 Å². The predicted molar refractivity (Wildman–Crippen MR) is 108 cm³/mol. The van der Waals surface area contributed by atoms with Gasteiger partial charge in [0, 0.05) is 5.02 Å². The van der Waals surface area contributed by atoms with Crippen LogP contribution in [0.3, 0.4) is 0 Å². The largest absolute Gasteiger partial charge is 0.497 e. The highest BCUT2D eigenvalue weighted by Crippen LogP contribution is 2.37. The number of amides is 1. The first-order chi connectivity index (χ1) is 13.2. The number of carbonyl (C=O) groups is 1. The van der Waals surface area contributed by atoms with Crippen LogP contribution in [0.15, 0.2) is 42.5 Å². The predicted octanol–water partition coefficient (Wildman–Crippen LogP) is 2.75. The molecule has 7 nitrogen and oxygen atoms in total. The van der Waals surface area contributed by atoms with Crippen LogP contribution in [0.4, 0.5) is 5.69 Å². The fourth-order valence-corrected chi connectivity index (χ4v) is 4.03. The van der Waals surface area contributed by atoms with Crippen LogP contribution < -0.4 is 19.1 Å². The standard InChI is InChI=1S/C19H21ClN2O5S/c1-12(13-4-7-15(26-2)8-5-13)21-19(23)18-11-22(28(3,24)25)16-10-14(20)6-9-17(16)27-18/h4-10,12,18H,11H2,1-3H3,(H,21,23)/t12-,18+/m0/s1. The van der Waals surface area contributed by atoms with Gasteiger partial charge in [-0.15, -0.1) is 0 Å². The van der Waals surface area contributed by atoms with E-state index in [1.54, 1.807) is 31.4 Å². The molecular formula is C19H21ClN2O5S. The summed E-state index contributed by atoms with van der Waals surface area (Å²) in [5.41, 5.74) is 1.21. The van der Waals surface area contributed by atoms with E-state index in [-0.39, 0.29) is 12.6 Å². The third kappa shape index (κ3) is 4.34. The Kier molecular flexibility index (Phi) is 5.71. The fourth-order valence-electron chi connectivity index (χ4n) is 2.96. The van der Waals surface area contributed by atoms with E-state index < -0.39 is 22.0 Å². The van der Waals surface area contributed by atoms with Crippen molar-refractivity contribution >= 4 is 33.2 Å². The van der Waals surface area contributed by atoms with Crippen LogP contribution in [-0.2, 0) is 14.8 Å². The van der Waals surface area contributed by atoms with Crippen molar-refractivity contribution in [2.75, 3.05) is 24.2 Å². The Morgan fingerprint density at radius 3 is 2.57 bits per heavy atom. The third-order valence-electron chi connectivity index (χ3n) is 4.46. The number of methoxy groups -OCH3 is 1. The summed E-state index contributed by atoms with van der Waals surface area (Å²) in [6, 6.07) is 11.7. The highest BCUT2D eigenvalue weighted by Gasteiger charge is 2.35. The first-order valence-corrected chi connectivity index (χ1v) is 10.8. The Balaban J connectivity index is 1.79. The number of sulfonamides is 1. The molecular weight excluding hydrogens is 404 g/mol. The Hall–Kier alpha value is -2.45. The third-order valence-corrected chi connectivity index (χ3v) is 5.84. The number of carbonyl (C=O) groups excluding carboxylic acids is 1. The molecule has 0 aliphatic carbocycles. The lowest BCUT2D eigenvalue weighted by atomic mass is 10.1. The molecule has 1 amide bonds. The zero-order chi connectivity index (χ0) is 20.5. The molecule has 1 aliphatic rings. The Morgan fingerprint density at radius 1 is 1.29 bits per heavy atom. The fraction of sp³-hybridized carbons (Fsp3) is 0.316. The second-order valence-electron chi connectivity index (χ2n) is 6.52. The minimum absolute atomic E-state index is 0.132. The number of fused-ring (bicyclic) bond motifs is 1. The summed E-state index contributed by atoms with van der Waals surface area (Å²) in [6.45, 7) is 1.71. The minimum atomic E-state index is -3.61. The van der Waals surface area contributed by atoms with Crippen molar-refractivity contribution in [1.29, 1.82) is 0 Å². The zero-order valence-electron chi connectivity index (χ0n) is 15.7. The van der Waals surface area contributed by atoms with Crippen LogP contribution in [0.25, 0.3) is 0 Å². The van der Waals surface area contributed by atoms with Gasteiger partial charge in [0.25, 0.3) is 5.91 Å². The highest BCUT2D eigenvalue weighted by molar-refractivity contribution is 7.92. The molecule has 0 fully saturated rings. The topological polar surface area (TPSA) is 84.9 Å². The first kappa shape index (κ1) is 20.3. The molecule has 1 aliphatic heterocycles. The smallest absolute Gasteiger partial charge is 0.263 e. The van der Waals surface area contributed by atoms with Gasteiger partial charge in [0.15, 0.2) is 6.10 Å². The Bertz CT molecular complexity index is 978. The van der Waals surface area contributed by atoms with Crippen LogP contribution in [0.1, 0.15) is 18.5 Å². The van der Waals surface area contributed by atoms with E-state index in [1.165, 1.54) is 6.07 Å². The average Bonchev–Trinajstić information content (AvgIpc) is 2.66. The first-order valence-electron chi connectivity index (χ1n) is 8.57. The van der Waals surface area contributed by atoms with Crippen molar-refractivity contribution in [2.45, 2.75) is 19.1 Å². The number of halogens is 1. The molecule has 2 atom stereocenters. The molecule has 3 rings (SSSR count). The van der Waals surface area contributed by atoms with E-state index in [9.17, 15) is 13.2 Å². The van der Waals surface area contributed by atoms with Gasteiger partial charge in [-0.1, -0.05) is 23.7 Å².